The third-order valence-corrected chi connectivity index (χ3v) is 5.55. The highest BCUT2D eigenvalue weighted by Crippen LogP contribution is 2.44. The normalized spacial score (nSPS) is 13.7. The minimum absolute atomic E-state index is 0.504. The van der Waals surface area contributed by atoms with Crippen molar-refractivity contribution in [3.05, 3.63) is 47.0 Å². The first-order valence-corrected chi connectivity index (χ1v) is 11.5. The van der Waals surface area contributed by atoms with Crippen LogP contribution in [0.3, 0.4) is 0 Å². The molecule has 29 heavy (non-hydrogen) atoms. The van der Waals surface area contributed by atoms with Crippen LogP contribution in [0.15, 0.2) is 35.9 Å². The van der Waals surface area contributed by atoms with E-state index in [1.807, 2.05) is 0 Å². The van der Waals surface area contributed by atoms with Crippen molar-refractivity contribution in [3.63, 3.8) is 0 Å². The van der Waals surface area contributed by atoms with Gasteiger partial charge in [0.25, 0.3) is 0 Å². The Kier molecular flexibility index (Phi) is 7.64. The summed E-state index contributed by atoms with van der Waals surface area (Å²) in [6.07, 6.45) is 9.45. The van der Waals surface area contributed by atoms with Gasteiger partial charge in [0.05, 0.1) is 13.2 Å². The highest BCUT2D eigenvalue weighted by atomic mass is 16.5. The average molecular weight is 395 g/mol. The largest absolute Gasteiger partial charge is 0.492 e. The zero-order chi connectivity index (χ0) is 20.8. The lowest BCUT2D eigenvalue weighted by Gasteiger charge is -2.26. The first-order valence-electron chi connectivity index (χ1n) is 11.5. The topological polar surface area (TPSA) is 18.5 Å². The molecule has 2 heteroatoms. The van der Waals surface area contributed by atoms with Crippen molar-refractivity contribution in [3.8, 4) is 11.5 Å². The smallest absolute Gasteiger partial charge is 0.131 e. The van der Waals surface area contributed by atoms with E-state index in [1.165, 1.54) is 47.6 Å². The average Bonchev–Trinajstić information content (AvgIpc) is 2.70. The van der Waals surface area contributed by atoms with Gasteiger partial charge in [-0.25, -0.2) is 0 Å². The predicted molar refractivity (Wildman–Crippen MR) is 124 cm³/mol. The summed E-state index contributed by atoms with van der Waals surface area (Å²) < 4.78 is 12.9. The van der Waals surface area contributed by atoms with Gasteiger partial charge in [0.2, 0.25) is 0 Å². The van der Waals surface area contributed by atoms with Crippen LogP contribution in [-0.2, 0) is 12.8 Å². The first-order chi connectivity index (χ1) is 14.0. The summed E-state index contributed by atoms with van der Waals surface area (Å²) >= 11 is 0. The molecular formula is C27H38O2. The van der Waals surface area contributed by atoms with E-state index < -0.39 is 0 Å². The Morgan fingerprint density at radius 2 is 1.41 bits per heavy atom. The van der Waals surface area contributed by atoms with Crippen molar-refractivity contribution in [1.82, 2.24) is 0 Å². The van der Waals surface area contributed by atoms with E-state index in [2.05, 4.69) is 65.0 Å². The van der Waals surface area contributed by atoms with E-state index >= 15 is 0 Å². The first kappa shape index (κ1) is 21.7. The summed E-state index contributed by atoms with van der Waals surface area (Å²) in [5, 5.41) is 2.38. The number of hydrogen-bond acceptors (Lipinski definition) is 2. The van der Waals surface area contributed by atoms with E-state index in [-0.39, 0.29) is 0 Å². The van der Waals surface area contributed by atoms with Gasteiger partial charge in [-0.2, -0.15) is 0 Å². The monoisotopic (exact) mass is 394 g/mol. The Balaban J connectivity index is 2.06. The Labute approximate surface area is 177 Å². The molecule has 0 aliphatic heterocycles. The molecule has 0 N–H and O–H groups in total. The summed E-state index contributed by atoms with van der Waals surface area (Å²) in [7, 11) is 0. The number of hydrogen-bond donors (Lipinski definition) is 0. The molecule has 1 aliphatic carbocycles. The quantitative estimate of drug-likeness (QED) is 0.306. The Hall–Kier alpha value is -1.96. The van der Waals surface area contributed by atoms with Crippen LogP contribution >= 0.6 is 0 Å². The van der Waals surface area contributed by atoms with Gasteiger partial charge in [0, 0.05) is 21.9 Å². The number of rotatable bonds is 10. The molecule has 0 saturated carbocycles. The van der Waals surface area contributed by atoms with Gasteiger partial charge in [-0.1, -0.05) is 83.4 Å². The molecule has 1 aliphatic rings. The Morgan fingerprint density at radius 3 is 1.97 bits per heavy atom. The second kappa shape index (κ2) is 10.2. The summed E-state index contributed by atoms with van der Waals surface area (Å²) in [6, 6.07) is 8.61. The molecule has 0 saturated heterocycles. The van der Waals surface area contributed by atoms with Crippen molar-refractivity contribution in [1.29, 1.82) is 0 Å². The van der Waals surface area contributed by atoms with Crippen LogP contribution < -0.4 is 9.47 Å². The summed E-state index contributed by atoms with van der Waals surface area (Å²) in [5.41, 5.74) is 4.25. The van der Waals surface area contributed by atoms with Gasteiger partial charge in [0.15, 0.2) is 0 Å². The maximum atomic E-state index is 6.45. The van der Waals surface area contributed by atoms with Crippen LogP contribution in [0.4, 0.5) is 0 Å². The van der Waals surface area contributed by atoms with Crippen molar-refractivity contribution in [2.24, 2.45) is 11.8 Å². The lowest BCUT2D eigenvalue weighted by Crippen LogP contribution is -2.14. The van der Waals surface area contributed by atoms with Crippen molar-refractivity contribution < 1.29 is 9.47 Å². The molecule has 0 spiro atoms. The maximum absolute atomic E-state index is 6.45. The predicted octanol–water partition coefficient (Wildman–Crippen LogP) is 7.51. The van der Waals surface area contributed by atoms with Gasteiger partial charge in [0.1, 0.15) is 11.5 Å². The molecule has 0 atom stereocenters. The fourth-order valence-electron chi connectivity index (χ4n) is 4.05. The fraction of sp³-hybridized carbons (Fsp3) is 0.556. The highest BCUT2D eigenvalue weighted by molar-refractivity contribution is 5.96. The number of benzene rings is 2. The van der Waals surface area contributed by atoms with Crippen molar-refractivity contribution in [2.75, 3.05) is 13.2 Å². The SMILES string of the molecule is CCCCCC1=CCc2c(c(OCC(C)C)c3ccccc3c2OCC(C)C)C1. The highest BCUT2D eigenvalue weighted by Gasteiger charge is 2.24. The van der Waals surface area contributed by atoms with Crippen LogP contribution in [0.2, 0.25) is 0 Å². The van der Waals surface area contributed by atoms with Crippen LogP contribution in [-0.4, -0.2) is 13.2 Å². The van der Waals surface area contributed by atoms with Gasteiger partial charge in [-0.05, 0) is 37.5 Å². The number of ether oxygens (including phenoxy) is 2. The molecule has 0 bridgehead atoms. The Morgan fingerprint density at radius 1 is 0.828 bits per heavy atom. The zero-order valence-electron chi connectivity index (χ0n) is 19.0. The van der Waals surface area contributed by atoms with E-state index in [0.29, 0.717) is 11.8 Å². The number of fused-ring (bicyclic) bond motifs is 2. The Bertz CT molecular complexity index is 845. The van der Waals surface area contributed by atoms with Crippen LogP contribution in [0.1, 0.15) is 71.4 Å². The molecule has 2 nitrogen and oxygen atoms in total. The number of unbranched alkanes of at least 4 members (excludes halogenated alkanes) is 2. The van der Waals surface area contributed by atoms with Crippen LogP contribution in [0, 0.1) is 11.8 Å². The summed E-state index contributed by atoms with van der Waals surface area (Å²) in [5.74, 6) is 3.17. The third-order valence-electron chi connectivity index (χ3n) is 5.55. The van der Waals surface area contributed by atoms with Crippen LogP contribution in [0.5, 0.6) is 11.5 Å². The molecule has 0 unspecified atom stereocenters. The summed E-state index contributed by atoms with van der Waals surface area (Å²) in [6.45, 7) is 12.6. The lowest BCUT2D eigenvalue weighted by molar-refractivity contribution is 0.264. The van der Waals surface area contributed by atoms with Gasteiger partial charge < -0.3 is 9.47 Å². The summed E-state index contributed by atoms with van der Waals surface area (Å²) in [4.78, 5) is 0. The second-order valence-electron chi connectivity index (χ2n) is 9.27. The second-order valence-corrected chi connectivity index (χ2v) is 9.27. The van der Waals surface area contributed by atoms with E-state index in [4.69, 9.17) is 9.47 Å². The molecule has 2 aromatic rings. The standard InChI is InChI=1S/C27H38O2/c1-6-7-8-11-21-14-15-24-25(16-21)27(29-18-20(4)5)23-13-10-9-12-22(23)26(24)28-17-19(2)3/h9-10,12-14,19-20H,6-8,11,15-18H2,1-5H3. The molecule has 0 radical (unpaired) electrons. The zero-order valence-corrected chi connectivity index (χ0v) is 19.0. The molecular weight excluding hydrogens is 356 g/mol. The molecule has 0 aromatic heterocycles. The van der Waals surface area contributed by atoms with Crippen molar-refractivity contribution in [2.45, 2.75) is 73.1 Å². The van der Waals surface area contributed by atoms with E-state index in [1.54, 1.807) is 5.57 Å². The molecule has 0 amide bonds. The van der Waals surface area contributed by atoms with E-state index in [9.17, 15) is 0 Å². The molecule has 3 rings (SSSR count). The molecule has 2 aromatic carbocycles. The third kappa shape index (κ3) is 5.35. The minimum Gasteiger partial charge on any atom is -0.492 e. The molecule has 158 valence electrons. The number of allylic oxidation sites excluding steroid dienone is 2. The fourth-order valence-corrected chi connectivity index (χ4v) is 4.05. The van der Waals surface area contributed by atoms with Gasteiger partial charge in [-0.15, -0.1) is 0 Å². The maximum Gasteiger partial charge on any atom is 0.131 e. The molecule has 0 heterocycles. The van der Waals surface area contributed by atoms with Gasteiger partial charge >= 0.3 is 0 Å². The van der Waals surface area contributed by atoms with Gasteiger partial charge in [-0.3, -0.25) is 0 Å². The minimum atomic E-state index is 0.504. The molecule has 0 fully saturated rings. The van der Waals surface area contributed by atoms with Crippen molar-refractivity contribution >= 4 is 10.8 Å². The van der Waals surface area contributed by atoms with E-state index in [0.717, 1.165) is 37.6 Å². The van der Waals surface area contributed by atoms with Crippen LogP contribution in [0.25, 0.3) is 10.8 Å². The lowest BCUT2D eigenvalue weighted by atomic mass is 9.85.